The zero-order chi connectivity index (χ0) is 43.7. The predicted octanol–water partition coefficient (Wildman–Crippen LogP) is 16.5. The van der Waals surface area contributed by atoms with Gasteiger partial charge in [-0.3, -0.25) is 14.4 Å². The normalized spacial score (nSPS) is 12.5. The fourth-order valence-electron chi connectivity index (χ4n) is 6.96. The molecule has 0 aromatic heterocycles. The van der Waals surface area contributed by atoms with Crippen molar-refractivity contribution in [1.82, 2.24) is 0 Å². The van der Waals surface area contributed by atoms with Crippen molar-refractivity contribution in [3.63, 3.8) is 0 Å². The number of ether oxygens (including phenoxy) is 3. The minimum absolute atomic E-state index is 0.0840. The van der Waals surface area contributed by atoms with Gasteiger partial charge in [0.1, 0.15) is 13.2 Å². The molecule has 0 bridgehead atoms. The van der Waals surface area contributed by atoms with E-state index >= 15 is 0 Å². The highest BCUT2D eigenvalue weighted by Crippen LogP contribution is 2.14. The predicted molar refractivity (Wildman–Crippen MR) is 256 cm³/mol. The Morgan fingerprint density at radius 3 is 1.05 bits per heavy atom. The molecule has 0 aromatic rings. The molecule has 6 heteroatoms. The summed E-state index contributed by atoms with van der Waals surface area (Å²) in [4.78, 5) is 37.9. The first-order valence-corrected chi connectivity index (χ1v) is 25.3. The van der Waals surface area contributed by atoms with Crippen molar-refractivity contribution in [1.29, 1.82) is 0 Å². The van der Waals surface area contributed by atoms with E-state index < -0.39 is 6.10 Å². The van der Waals surface area contributed by atoms with E-state index in [0.29, 0.717) is 19.3 Å². The molecular weight excluding hydrogens is 745 g/mol. The molecule has 0 aromatic carbocycles. The van der Waals surface area contributed by atoms with Gasteiger partial charge in [-0.15, -0.1) is 0 Å². The molecule has 60 heavy (non-hydrogen) atoms. The maximum absolute atomic E-state index is 12.8. The average molecular weight is 839 g/mol. The largest absolute Gasteiger partial charge is 0.462 e. The molecule has 0 saturated heterocycles. The standard InChI is InChI=1S/C54H94O6/c1-4-7-10-13-16-19-22-25-27-29-32-35-38-41-44-47-53(56)59-50-51(49-58-52(55)46-43-40-37-34-31-24-21-18-15-12-9-6-3)60-54(57)48-45-42-39-36-33-30-28-26-23-20-17-14-11-8-5-2/h7,10,16-17,19-20,25-28,51H,4-6,8-9,11-15,18,21-24,29-50H2,1-3H3/b10-7-,19-16-,20-17-,27-25-,28-26-/t51-/m0/s1. The number of carbonyl (C=O) groups excluding carboxylic acids is 3. The van der Waals surface area contributed by atoms with Crippen LogP contribution in [0.25, 0.3) is 0 Å². The van der Waals surface area contributed by atoms with Crippen molar-refractivity contribution in [3.8, 4) is 0 Å². The molecule has 0 heterocycles. The third-order valence-electron chi connectivity index (χ3n) is 10.8. The molecule has 0 fully saturated rings. The van der Waals surface area contributed by atoms with Crippen molar-refractivity contribution in [2.24, 2.45) is 0 Å². The van der Waals surface area contributed by atoms with Gasteiger partial charge < -0.3 is 14.2 Å². The van der Waals surface area contributed by atoms with E-state index in [0.717, 1.165) is 122 Å². The van der Waals surface area contributed by atoms with E-state index in [2.05, 4.69) is 81.5 Å². The lowest BCUT2D eigenvalue weighted by Crippen LogP contribution is -2.30. The van der Waals surface area contributed by atoms with Crippen LogP contribution in [0.5, 0.6) is 0 Å². The van der Waals surface area contributed by atoms with Crippen molar-refractivity contribution in [2.75, 3.05) is 13.2 Å². The topological polar surface area (TPSA) is 78.9 Å². The van der Waals surface area contributed by atoms with Crippen LogP contribution < -0.4 is 0 Å². The lowest BCUT2D eigenvalue weighted by atomic mass is 10.0. The number of unbranched alkanes of at least 4 members (excludes halogenated alkanes) is 24. The number of allylic oxidation sites excluding steroid dienone is 10. The van der Waals surface area contributed by atoms with Crippen LogP contribution >= 0.6 is 0 Å². The maximum Gasteiger partial charge on any atom is 0.306 e. The van der Waals surface area contributed by atoms with Crippen molar-refractivity contribution in [2.45, 2.75) is 252 Å². The van der Waals surface area contributed by atoms with Gasteiger partial charge in [-0.1, -0.05) is 204 Å². The molecule has 1 atom stereocenters. The zero-order valence-electron chi connectivity index (χ0n) is 39.5. The molecule has 0 aliphatic rings. The summed E-state index contributed by atoms with van der Waals surface area (Å²) in [6, 6.07) is 0. The lowest BCUT2D eigenvalue weighted by molar-refractivity contribution is -0.167. The number of hydrogen-bond acceptors (Lipinski definition) is 6. The second-order valence-corrected chi connectivity index (χ2v) is 16.7. The van der Waals surface area contributed by atoms with Gasteiger partial charge in [-0.25, -0.2) is 0 Å². The monoisotopic (exact) mass is 839 g/mol. The summed E-state index contributed by atoms with van der Waals surface area (Å²) in [6.45, 7) is 6.47. The number of carbonyl (C=O) groups is 3. The molecule has 0 aliphatic carbocycles. The van der Waals surface area contributed by atoms with Crippen molar-refractivity contribution in [3.05, 3.63) is 60.8 Å². The fourth-order valence-corrected chi connectivity index (χ4v) is 6.96. The highest BCUT2D eigenvalue weighted by molar-refractivity contribution is 5.71. The first-order chi connectivity index (χ1) is 29.5. The van der Waals surface area contributed by atoms with Crippen LogP contribution in [0, 0.1) is 0 Å². The van der Waals surface area contributed by atoms with Gasteiger partial charge in [-0.05, 0) is 83.5 Å². The molecule has 0 saturated carbocycles. The maximum atomic E-state index is 12.8. The van der Waals surface area contributed by atoms with E-state index in [1.165, 1.54) is 83.5 Å². The van der Waals surface area contributed by atoms with E-state index in [1.807, 2.05) is 0 Å². The Hall–Kier alpha value is -2.89. The van der Waals surface area contributed by atoms with E-state index in [-0.39, 0.29) is 31.1 Å². The fraction of sp³-hybridized carbons (Fsp3) is 0.759. The zero-order valence-corrected chi connectivity index (χ0v) is 39.5. The van der Waals surface area contributed by atoms with E-state index in [1.54, 1.807) is 0 Å². The first kappa shape index (κ1) is 57.1. The van der Waals surface area contributed by atoms with Crippen LogP contribution in [-0.2, 0) is 28.6 Å². The molecule has 346 valence electrons. The second kappa shape index (κ2) is 48.8. The molecule has 0 amide bonds. The van der Waals surface area contributed by atoms with Gasteiger partial charge in [0.05, 0.1) is 0 Å². The molecule has 0 aliphatic heterocycles. The molecular formula is C54H94O6. The summed E-state index contributed by atoms with van der Waals surface area (Å²) in [5.41, 5.74) is 0. The van der Waals surface area contributed by atoms with Gasteiger partial charge >= 0.3 is 17.9 Å². The van der Waals surface area contributed by atoms with Crippen LogP contribution in [-0.4, -0.2) is 37.2 Å². The first-order valence-electron chi connectivity index (χ1n) is 25.3. The van der Waals surface area contributed by atoms with Gasteiger partial charge in [0.2, 0.25) is 0 Å². The van der Waals surface area contributed by atoms with Crippen LogP contribution in [0.1, 0.15) is 245 Å². The Kier molecular flexibility index (Phi) is 46.4. The summed E-state index contributed by atoms with van der Waals surface area (Å²) < 4.78 is 16.8. The third-order valence-corrected chi connectivity index (χ3v) is 10.8. The van der Waals surface area contributed by atoms with Gasteiger partial charge in [-0.2, -0.15) is 0 Å². The van der Waals surface area contributed by atoms with Crippen molar-refractivity contribution >= 4 is 17.9 Å². The summed E-state index contributed by atoms with van der Waals surface area (Å²) in [7, 11) is 0. The number of hydrogen-bond donors (Lipinski definition) is 0. The third kappa shape index (κ3) is 46.2. The molecule has 0 N–H and O–H groups in total. The Morgan fingerprint density at radius 2 is 0.650 bits per heavy atom. The number of esters is 3. The Morgan fingerprint density at radius 1 is 0.350 bits per heavy atom. The summed E-state index contributed by atoms with van der Waals surface area (Å²) in [5.74, 6) is -0.912. The summed E-state index contributed by atoms with van der Waals surface area (Å²) >= 11 is 0. The SMILES string of the molecule is CC/C=C\C/C=C\C/C=C\CCCCCCCC(=O)OC[C@H](COC(=O)CCCCCCCCCCCCCC)OC(=O)CCCCCCC/C=C\C/C=C\CCCCC. The Balaban J connectivity index is 4.42. The minimum Gasteiger partial charge on any atom is -0.462 e. The Bertz CT molecular complexity index is 1100. The second-order valence-electron chi connectivity index (χ2n) is 16.7. The highest BCUT2D eigenvalue weighted by atomic mass is 16.6. The van der Waals surface area contributed by atoms with E-state index in [9.17, 15) is 14.4 Å². The summed E-state index contributed by atoms with van der Waals surface area (Å²) in [6.07, 6.45) is 59.1. The summed E-state index contributed by atoms with van der Waals surface area (Å²) in [5, 5.41) is 0. The number of rotatable bonds is 45. The molecule has 0 spiro atoms. The van der Waals surface area contributed by atoms with Crippen molar-refractivity contribution < 1.29 is 28.6 Å². The molecule has 0 radical (unpaired) electrons. The molecule has 0 unspecified atom stereocenters. The van der Waals surface area contributed by atoms with Crippen LogP contribution in [0.3, 0.4) is 0 Å². The quantitative estimate of drug-likeness (QED) is 0.0263. The molecule has 0 rings (SSSR count). The van der Waals surface area contributed by atoms with Gasteiger partial charge in [0.15, 0.2) is 6.10 Å². The lowest BCUT2D eigenvalue weighted by Gasteiger charge is -2.18. The minimum atomic E-state index is -0.785. The Labute approximate surface area is 370 Å². The average Bonchev–Trinajstić information content (AvgIpc) is 3.24. The van der Waals surface area contributed by atoms with Gasteiger partial charge in [0, 0.05) is 19.3 Å². The van der Waals surface area contributed by atoms with Crippen LogP contribution in [0.2, 0.25) is 0 Å². The van der Waals surface area contributed by atoms with E-state index in [4.69, 9.17) is 14.2 Å². The van der Waals surface area contributed by atoms with Crippen LogP contribution in [0.4, 0.5) is 0 Å². The molecule has 6 nitrogen and oxygen atoms in total. The smallest absolute Gasteiger partial charge is 0.306 e. The van der Waals surface area contributed by atoms with Gasteiger partial charge in [0.25, 0.3) is 0 Å². The highest BCUT2D eigenvalue weighted by Gasteiger charge is 2.19. The van der Waals surface area contributed by atoms with Crippen LogP contribution in [0.15, 0.2) is 60.8 Å².